The fraction of sp³-hybridized carbons (Fsp3) is 0.375. The van der Waals surface area contributed by atoms with Crippen molar-refractivity contribution < 1.29 is 32.8 Å². The van der Waals surface area contributed by atoms with E-state index in [1.165, 1.54) is 30.9 Å². The Hall–Kier alpha value is -1.80. The van der Waals surface area contributed by atoms with Gasteiger partial charge in [0.25, 0.3) is 0 Å². The summed E-state index contributed by atoms with van der Waals surface area (Å²) in [7, 11) is 0. The zero-order chi connectivity index (χ0) is 20.9. The van der Waals surface area contributed by atoms with E-state index in [1.54, 1.807) is 6.07 Å². The first-order valence-electron chi connectivity index (χ1n) is 10.1. The molecule has 2 N–H and O–H groups in total. The first-order chi connectivity index (χ1) is 14.2. The SMILES string of the molecule is O=[C-]Nc1ccc(CCCCOc2cccc(C3CC3)c2)cc1F.[CH2-]CNC[CH2-].[Li+]. The minimum Gasteiger partial charge on any atom is -0.494 e. The molecule has 0 bridgehead atoms. The smallest absolute Gasteiger partial charge is 0.494 e. The third-order valence-corrected chi connectivity index (χ3v) is 4.61. The number of anilines is 1. The molecule has 1 aliphatic carbocycles. The molecule has 158 valence electrons. The molecular formula is C24H30FLiN2O2-2. The van der Waals surface area contributed by atoms with Gasteiger partial charge in [0.15, 0.2) is 0 Å². The first kappa shape index (κ1) is 26.2. The van der Waals surface area contributed by atoms with Crippen LogP contribution in [0.25, 0.3) is 0 Å². The summed E-state index contributed by atoms with van der Waals surface area (Å²) in [5.74, 6) is 1.24. The molecule has 0 unspecified atom stereocenters. The van der Waals surface area contributed by atoms with Gasteiger partial charge in [-0.2, -0.15) is 0 Å². The van der Waals surface area contributed by atoms with Crippen molar-refractivity contribution in [1.82, 2.24) is 5.32 Å². The van der Waals surface area contributed by atoms with Crippen LogP contribution in [0.1, 0.15) is 42.7 Å². The minimum absolute atomic E-state index is 0. The molecular weight excluding hydrogens is 374 g/mol. The van der Waals surface area contributed by atoms with E-state index in [2.05, 4.69) is 42.7 Å². The zero-order valence-electron chi connectivity index (χ0n) is 17.9. The molecule has 1 aliphatic rings. The van der Waals surface area contributed by atoms with Gasteiger partial charge < -0.3 is 34.0 Å². The third kappa shape index (κ3) is 9.80. The number of aryl methyl sites for hydroxylation is 1. The Kier molecular flexibility index (Phi) is 13.2. The number of benzene rings is 2. The molecule has 0 saturated heterocycles. The number of rotatable bonds is 11. The minimum atomic E-state index is -0.427. The van der Waals surface area contributed by atoms with Gasteiger partial charge in [-0.1, -0.05) is 23.9 Å². The van der Waals surface area contributed by atoms with Crippen molar-refractivity contribution >= 4 is 12.1 Å². The topological polar surface area (TPSA) is 50.4 Å². The summed E-state index contributed by atoms with van der Waals surface area (Å²) in [5, 5.41) is 5.10. The average Bonchev–Trinajstić information content (AvgIpc) is 3.57. The molecule has 1 saturated carbocycles. The van der Waals surface area contributed by atoms with Gasteiger partial charge in [0.1, 0.15) is 5.75 Å². The van der Waals surface area contributed by atoms with Gasteiger partial charge in [-0.25, -0.2) is 4.39 Å². The van der Waals surface area contributed by atoms with Crippen molar-refractivity contribution in [3.8, 4) is 5.75 Å². The quantitative estimate of drug-likeness (QED) is 0.260. The van der Waals surface area contributed by atoms with E-state index >= 15 is 0 Å². The van der Waals surface area contributed by atoms with Crippen molar-refractivity contribution in [3.05, 3.63) is 73.3 Å². The van der Waals surface area contributed by atoms with Crippen LogP contribution >= 0.6 is 0 Å². The fourth-order valence-corrected chi connectivity index (χ4v) is 2.89. The van der Waals surface area contributed by atoms with Crippen molar-refractivity contribution in [3.63, 3.8) is 0 Å². The van der Waals surface area contributed by atoms with Gasteiger partial charge in [0.2, 0.25) is 0 Å². The van der Waals surface area contributed by atoms with E-state index in [1.807, 2.05) is 12.1 Å². The maximum Gasteiger partial charge on any atom is 1.00 e. The van der Waals surface area contributed by atoms with Gasteiger partial charge in [-0.3, -0.25) is 0 Å². The molecule has 1 fully saturated rings. The van der Waals surface area contributed by atoms with Gasteiger partial charge in [-0.05, 0) is 67.3 Å². The molecule has 0 atom stereocenters. The Labute approximate surface area is 192 Å². The van der Waals surface area contributed by atoms with Crippen molar-refractivity contribution in [2.24, 2.45) is 0 Å². The second-order valence-corrected chi connectivity index (χ2v) is 6.94. The number of halogens is 1. The van der Waals surface area contributed by atoms with E-state index in [0.717, 1.165) is 49.6 Å². The number of hydrogen-bond donors (Lipinski definition) is 2. The Balaban J connectivity index is 0.000000674. The van der Waals surface area contributed by atoms with Crippen molar-refractivity contribution in [2.75, 3.05) is 25.0 Å². The van der Waals surface area contributed by atoms with Crippen LogP contribution in [0.3, 0.4) is 0 Å². The maximum absolute atomic E-state index is 13.7. The standard InChI is InChI=1S/C20H21FNO2.C4H9N.Li/c21-19-12-15(7-10-20(19)22-14-23)4-1-2-11-24-18-6-3-5-17(13-18)16-8-9-16;1-3-5-4-2;/h3,5-7,10,12-13,16H,1-2,4,8-9,11H2,(H,22,23);5H,1-4H2;/q-1;-2;+1. The van der Waals surface area contributed by atoms with Crippen molar-refractivity contribution in [1.29, 1.82) is 0 Å². The Bertz CT molecular complexity index is 752. The summed E-state index contributed by atoms with van der Waals surface area (Å²) in [5.41, 5.74) is 2.46. The number of ether oxygens (including phenoxy) is 1. The Morgan fingerprint density at radius 1 is 1.10 bits per heavy atom. The van der Waals surface area contributed by atoms with Crippen molar-refractivity contribution in [2.45, 2.75) is 38.0 Å². The summed E-state index contributed by atoms with van der Waals surface area (Å²) in [4.78, 5) is 10.2. The summed E-state index contributed by atoms with van der Waals surface area (Å²) in [6, 6.07) is 13.2. The van der Waals surface area contributed by atoms with E-state index in [-0.39, 0.29) is 24.5 Å². The number of unbranched alkanes of at least 4 members (excludes halogenated alkanes) is 1. The van der Waals surface area contributed by atoms with E-state index in [9.17, 15) is 9.18 Å². The van der Waals surface area contributed by atoms with Crippen LogP contribution in [-0.4, -0.2) is 26.1 Å². The van der Waals surface area contributed by atoms with Crippen LogP contribution in [0.4, 0.5) is 10.1 Å². The maximum atomic E-state index is 13.7. The first-order valence-corrected chi connectivity index (χ1v) is 10.1. The second kappa shape index (κ2) is 15.1. The van der Waals surface area contributed by atoms with Crippen LogP contribution in [0.5, 0.6) is 5.75 Å². The number of hydrogen-bond acceptors (Lipinski definition) is 3. The normalized spacial score (nSPS) is 12.2. The summed E-state index contributed by atoms with van der Waals surface area (Å²) in [6.45, 7) is 9.27. The second-order valence-electron chi connectivity index (χ2n) is 6.94. The Morgan fingerprint density at radius 2 is 1.87 bits per heavy atom. The molecule has 0 aromatic heterocycles. The molecule has 0 spiro atoms. The van der Waals surface area contributed by atoms with E-state index in [4.69, 9.17) is 4.74 Å². The molecule has 0 aliphatic heterocycles. The molecule has 2 aromatic carbocycles. The van der Waals surface area contributed by atoms with Crippen LogP contribution in [0, 0.1) is 19.7 Å². The van der Waals surface area contributed by atoms with Gasteiger partial charge in [0, 0.05) is 0 Å². The van der Waals surface area contributed by atoms with E-state index in [0.29, 0.717) is 6.61 Å². The van der Waals surface area contributed by atoms with Crippen LogP contribution < -0.4 is 34.2 Å². The molecule has 2 aromatic rings. The number of nitrogens with one attached hydrogen (secondary N) is 2. The number of amides is 1. The monoisotopic (exact) mass is 404 g/mol. The molecule has 0 heterocycles. The van der Waals surface area contributed by atoms with E-state index < -0.39 is 5.82 Å². The van der Waals surface area contributed by atoms with Gasteiger partial charge in [-0.15, -0.1) is 19.2 Å². The molecule has 30 heavy (non-hydrogen) atoms. The average molecular weight is 404 g/mol. The van der Waals surface area contributed by atoms with Crippen LogP contribution in [0.15, 0.2) is 42.5 Å². The molecule has 1 amide bonds. The fourth-order valence-electron chi connectivity index (χ4n) is 2.89. The number of carbonyl (C=O) groups excluding carboxylic acids is 1. The zero-order valence-corrected chi connectivity index (χ0v) is 17.9. The molecule has 0 radical (unpaired) electrons. The molecule has 6 heteroatoms. The molecule has 3 rings (SSSR count). The van der Waals surface area contributed by atoms with Gasteiger partial charge >= 0.3 is 18.9 Å². The third-order valence-electron chi connectivity index (χ3n) is 4.61. The molecule has 4 nitrogen and oxygen atoms in total. The summed E-state index contributed by atoms with van der Waals surface area (Å²) in [6.07, 6.45) is 6.68. The van der Waals surface area contributed by atoms with Gasteiger partial charge in [0.05, 0.1) is 18.8 Å². The van der Waals surface area contributed by atoms with Crippen LogP contribution in [-0.2, 0) is 11.2 Å². The largest absolute Gasteiger partial charge is 1.00 e. The van der Waals surface area contributed by atoms with Crippen LogP contribution in [0.2, 0.25) is 0 Å². The predicted molar refractivity (Wildman–Crippen MR) is 116 cm³/mol. The predicted octanol–water partition coefficient (Wildman–Crippen LogP) is 1.83. The Morgan fingerprint density at radius 3 is 2.47 bits per heavy atom. The summed E-state index contributed by atoms with van der Waals surface area (Å²) < 4.78 is 19.5. The summed E-state index contributed by atoms with van der Waals surface area (Å²) >= 11 is 0.